The van der Waals surface area contributed by atoms with E-state index in [1.165, 1.54) is 6.42 Å². The molecule has 6 heteroatoms. The van der Waals surface area contributed by atoms with Gasteiger partial charge in [0.05, 0.1) is 0 Å². The molecule has 178 valence electrons. The average molecular weight is 488 g/mol. The fourth-order valence-electron chi connectivity index (χ4n) is 4.87. The van der Waals surface area contributed by atoms with E-state index in [4.69, 9.17) is 16.3 Å². The first-order valence-electron chi connectivity index (χ1n) is 11.9. The number of halogens is 1. The number of hydrogen-bond acceptors (Lipinski definition) is 3. The van der Waals surface area contributed by atoms with Crippen LogP contribution in [0.1, 0.15) is 70.8 Å². The van der Waals surface area contributed by atoms with Crippen molar-refractivity contribution in [1.82, 2.24) is 0 Å². The first kappa shape index (κ1) is 25.6. The van der Waals surface area contributed by atoms with Crippen molar-refractivity contribution < 1.29 is 14.3 Å². The molecule has 0 saturated heterocycles. The lowest BCUT2D eigenvalue weighted by atomic mass is 9.67. The van der Waals surface area contributed by atoms with Gasteiger partial charge in [0.1, 0.15) is 5.75 Å². The van der Waals surface area contributed by atoms with Gasteiger partial charge in [-0.2, -0.15) is 0 Å². The van der Waals surface area contributed by atoms with Crippen LogP contribution in [0.4, 0.5) is 5.69 Å². The highest BCUT2D eigenvalue weighted by Gasteiger charge is 2.44. The molecule has 2 aromatic carbocycles. The highest BCUT2D eigenvalue weighted by molar-refractivity contribution is 7.97. The molecule has 1 saturated carbocycles. The summed E-state index contributed by atoms with van der Waals surface area (Å²) in [5, 5.41) is 0.606. The second kappa shape index (κ2) is 11.4. The summed E-state index contributed by atoms with van der Waals surface area (Å²) in [5.41, 5.74) is 0.449. The lowest BCUT2D eigenvalue weighted by molar-refractivity contribution is -0.128. The van der Waals surface area contributed by atoms with Gasteiger partial charge in [0, 0.05) is 16.7 Å². The fraction of sp³-hybridized carbons (Fsp3) is 0.481. The molecule has 0 aliphatic heterocycles. The van der Waals surface area contributed by atoms with E-state index >= 15 is 0 Å². The summed E-state index contributed by atoms with van der Waals surface area (Å²) < 4.78 is 5.93. The Labute approximate surface area is 207 Å². The monoisotopic (exact) mass is 487 g/mol. The number of amides is 1. The summed E-state index contributed by atoms with van der Waals surface area (Å²) >= 11 is 10.8. The molecule has 1 aliphatic carbocycles. The Bertz CT molecular complexity index is 941. The molecule has 2 aromatic rings. The normalized spacial score (nSPS) is 17.2. The lowest BCUT2D eigenvalue weighted by Gasteiger charge is -2.38. The number of para-hydroxylation sites is 2. The Hall–Kier alpha value is -1.98. The zero-order valence-electron chi connectivity index (χ0n) is 19.5. The van der Waals surface area contributed by atoms with Gasteiger partial charge in [-0.05, 0) is 43.4 Å². The summed E-state index contributed by atoms with van der Waals surface area (Å²) in [5.74, 6) is 0.956. The van der Waals surface area contributed by atoms with Gasteiger partial charge in [-0.15, -0.1) is 0 Å². The van der Waals surface area contributed by atoms with Crippen LogP contribution in [0.2, 0.25) is 0 Å². The van der Waals surface area contributed by atoms with E-state index in [2.05, 4.69) is 31.8 Å². The zero-order chi connectivity index (χ0) is 23.9. The van der Waals surface area contributed by atoms with Gasteiger partial charge >= 0.3 is 0 Å². The van der Waals surface area contributed by atoms with E-state index < -0.39 is 15.6 Å². The Morgan fingerprint density at radius 3 is 2.24 bits per heavy atom. The summed E-state index contributed by atoms with van der Waals surface area (Å²) in [7, 11) is 0. The van der Waals surface area contributed by atoms with E-state index in [0.717, 1.165) is 44.9 Å². The van der Waals surface area contributed by atoms with Crippen molar-refractivity contribution >= 4 is 40.9 Å². The van der Waals surface area contributed by atoms with Crippen LogP contribution in [-0.4, -0.2) is 11.0 Å². The number of carbonyl (C=O) groups excluding carboxylic acids is 2. The van der Waals surface area contributed by atoms with Crippen molar-refractivity contribution in [3.05, 3.63) is 60.2 Å². The second-order valence-corrected chi connectivity index (χ2v) is 9.98. The molecule has 1 aliphatic rings. The summed E-state index contributed by atoms with van der Waals surface area (Å²) in [6, 6.07) is 16.0. The number of nitrogens with one attached hydrogen (secondary N) is 1. The third-order valence-electron chi connectivity index (χ3n) is 6.92. The van der Waals surface area contributed by atoms with E-state index in [9.17, 15) is 9.59 Å². The number of hydrogen-bond donors (Lipinski definition) is 2. The van der Waals surface area contributed by atoms with Crippen molar-refractivity contribution in [2.75, 3.05) is 5.32 Å². The molecule has 1 N–H and O–H groups in total. The molecule has 33 heavy (non-hydrogen) atoms. The maximum atomic E-state index is 13.8. The number of ether oxygens (including phenoxy) is 1. The third kappa shape index (κ3) is 5.93. The number of rotatable bonds is 10. The van der Waals surface area contributed by atoms with Crippen LogP contribution in [0.15, 0.2) is 54.6 Å². The topological polar surface area (TPSA) is 55.4 Å². The Balaban J connectivity index is 1.94. The molecule has 0 bridgehead atoms. The average Bonchev–Trinajstić information content (AvgIpc) is 2.84. The quantitative estimate of drug-likeness (QED) is 0.272. The Morgan fingerprint density at radius 2 is 1.64 bits per heavy atom. The molecule has 0 radical (unpaired) electrons. The van der Waals surface area contributed by atoms with Gasteiger partial charge in [0.2, 0.25) is 11.0 Å². The number of alkyl halides is 1. The van der Waals surface area contributed by atoms with E-state index in [1.807, 2.05) is 12.1 Å². The van der Waals surface area contributed by atoms with Crippen LogP contribution in [0.5, 0.6) is 5.75 Å². The van der Waals surface area contributed by atoms with E-state index in [1.54, 1.807) is 42.5 Å². The first-order chi connectivity index (χ1) is 15.8. The van der Waals surface area contributed by atoms with Crippen LogP contribution in [0.25, 0.3) is 0 Å². The predicted molar refractivity (Wildman–Crippen MR) is 138 cm³/mol. The molecule has 1 atom stereocenters. The maximum Gasteiger partial charge on any atom is 0.278 e. The molecule has 1 amide bonds. The molecule has 0 heterocycles. The molecule has 0 aromatic heterocycles. The molecule has 4 nitrogen and oxygen atoms in total. The number of anilines is 1. The van der Waals surface area contributed by atoms with Gasteiger partial charge in [-0.3, -0.25) is 9.59 Å². The highest BCUT2D eigenvalue weighted by Crippen LogP contribution is 2.45. The van der Waals surface area contributed by atoms with Gasteiger partial charge in [-0.25, -0.2) is 0 Å². The highest BCUT2D eigenvalue weighted by atomic mass is 35.5. The van der Waals surface area contributed by atoms with Crippen LogP contribution in [0, 0.1) is 11.3 Å². The van der Waals surface area contributed by atoms with Crippen molar-refractivity contribution in [1.29, 1.82) is 0 Å². The minimum atomic E-state index is -1.87. The molecular formula is C27H34ClNO3S. The second-order valence-electron chi connectivity index (χ2n) is 9.04. The van der Waals surface area contributed by atoms with Gasteiger partial charge < -0.3 is 10.1 Å². The zero-order valence-corrected chi connectivity index (χ0v) is 21.1. The largest absolute Gasteiger partial charge is 0.459 e. The SMILES string of the molecule is CCC(CC)CC1(C(=O)Nc2ccccc2[C@@](Cl)(Oc2ccccc2)C(=O)S)CCCCC1. The summed E-state index contributed by atoms with van der Waals surface area (Å²) in [4.78, 5) is 26.4. The number of carbonyl (C=O) groups is 2. The Kier molecular flexibility index (Phi) is 8.88. The standard InChI is InChI=1S/C27H34ClNO3S/c1-3-20(4-2)19-26(17-11-6-12-18-26)24(30)29-23-16-10-9-15-22(23)27(28,25(31)33)32-21-13-7-5-8-14-21/h5,7-10,13-16,20H,3-4,6,11-12,17-19H2,1-2H3,(H,29,30)(H,31,33)/t27-/m1/s1. The molecule has 0 spiro atoms. The Morgan fingerprint density at radius 1 is 1.03 bits per heavy atom. The van der Waals surface area contributed by atoms with Crippen LogP contribution in [0.3, 0.4) is 0 Å². The van der Waals surface area contributed by atoms with Crippen LogP contribution in [-0.2, 0) is 14.6 Å². The smallest absolute Gasteiger partial charge is 0.278 e. The predicted octanol–water partition coefficient (Wildman–Crippen LogP) is 7.33. The van der Waals surface area contributed by atoms with Crippen molar-refractivity contribution in [3.63, 3.8) is 0 Å². The fourth-order valence-corrected chi connectivity index (χ4v) is 5.29. The molecule has 0 unspecified atom stereocenters. The van der Waals surface area contributed by atoms with Crippen molar-refractivity contribution in [2.24, 2.45) is 11.3 Å². The molecule has 1 fully saturated rings. The summed E-state index contributed by atoms with van der Waals surface area (Å²) in [6.45, 7) is 4.39. The maximum absolute atomic E-state index is 13.8. The third-order valence-corrected chi connectivity index (χ3v) is 7.82. The lowest BCUT2D eigenvalue weighted by Crippen LogP contribution is -2.41. The number of thiol groups is 1. The van der Waals surface area contributed by atoms with Crippen molar-refractivity contribution in [2.45, 2.75) is 70.3 Å². The minimum absolute atomic E-state index is 0.00638. The van der Waals surface area contributed by atoms with Crippen LogP contribution < -0.4 is 10.1 Å². The molecular weight excluding hydrogens is 454 g/mol. The minimum Gasteiger partial charge on any atom is -0.459 e. The number of benzene rings is 2. The molecule has 3 rings (SSSR count). The van der Waals surface area contributed by atoms with Gasteiger partial charge in [-0.1, -0.05) is 107 Å². The van der Waals surface area contributed by atoms with Gasteiger partial charge in [0.25, 0.3) is 5.06 Å². The van der Waals surface area contributed by atoms with Gasteiger partial charge in [0.15, 0.2) is 0 Å². The van der Waals surface area contributed by atoms with E-state index in [0.29, 0.717) is 22.9 Å². The van der Waals surface area contributed by atoms with E-state index in [-0.39, 0.29) is 5.91 Å². The first-order valence-corrected chi connectivity index (χ1v) is 12.7. The van der Waals surface area contributed by atoms with Crippen molar-refractivity contribution in [3.8, 4) is 5.75 Å². The van der Waals surface area contributed by atoms with Crippen LogP contribution >= 0.6 is 24.2 Å². The summed E-state index contributed by atoms with van der Waals surface area (Å²) in [6.07, 6.45) is 8.05.